The highest BCUT2D eigenvalue weighted by atomic mass is 32.2. The molecule has 1 saturated heterocycles. The van der Waals surface area contributed by atoms with Crippen molar-refractivity contribution in [1.29, 1.82) is 0 Å². The van der Waals surface area contributed by atoms with E-state index < -0.39 is 15.8 Å². The average molecular weight is 631 g/mol. The maximum absolute atomic E-state index is 15.3. The van der Waals surface area contributed by atoms with Crippen LogP contribution in [0.1, 0.15) is 26.2 Å². The maximum Gasteiger partial charge on any atom is 0.264 e. The Hall–Kier alpha value is -4.48. The summed E-state index contributed by atoms with van der Waals surface area (Å²) in [5.74, 6) is 1.36. The predicted molar refractivity (Wildman–Crippen MR) is 172 cm³/mol. The minimum absolute atomic E-state index is 0.00137. The summed E-state index contributed by atoms with van der Waals surface area (Å²) in [6.45, 7) is 6.10. The van der Waals surface area contributed by atoms with E-state index in [9.17, 15) is 8.42 Å². The molecule has 45 heavy (non-hydrogen) atoms. The first-order chi connectivity index (χ1) is 21.8. The number of anilines is 1. The van der Waals surface area contributed by atoms with Gasteiger partial charge in [-0.05, 0) is 68.1 Å². The summed E-state index contributed by atoms with van der Waals surface area (Å²) in [7, 11) is -2.48. The van der Waals surface area contributed by atoms with Crippen LogP contribution in [0.4, 0.5) is 10.1 Å². The number of piperidine rings is 1. The summed E-state index contributed by atoms with van der Waals surface area (Å²) >= 11 is 0. The van der Waals surface area contributed by atoms with Crippen LogP contribution in [-0.2, 0) is 10.0 Å². The van der Waals surface area contributed by atoms with Crippen molar-refractivity contribution in [3.8, 4) is 23.0 Å². The number of halogens is 1. The third-order valence-electron chi connectivity index (χ3n) is 7.89. The fraction of sp³-hybridized carbons (Fsp3) is 0.294. The van der Waals surface area contributed by atoms with Gasteiger partial charge in [0.1, 0.15) is 10.6 Å². The van der Waals surface area contributed by atoms with E-state index in [-0.39, 0.29) is 16.3 Å². The van der Waals surface area contributed by atoms with E-state index in [4.69, 9.17) is 14.2 Å². The molecule has 3 aromatic carbocycles. The lowest BCUT2D eigenvalue weighted by molar-refractivity contribution is 0.169. The van der Waals surface area contributed by atoms with Crippen molar-refractivity contribution in [1.82, 2.24) is 14.9 Å². The third-order valence-corrected chi connectivity index (χ3v) is 9.31. The number of aromatic nitrogens is 2. The number of para-hydroxylation sites is 1. The number of nitrogens with one attached hydrogen (secondary N) is 1. The normalized spacial score (nSPS) is 15.7. The molecule has 3 heterocycles. The van der Waals surface area contributed by atoms with Crippen molar-refractivity contribution in [3.63, 3.8) is 0 Å². The van der Waals surface area contributed by atoms with Gasteiger partial charge in [-0.2, -0.15) is 0 Å². The number of ether oxygens (including phenoxy) is 3. The minimum atomic E-state index is -4.04. The molecule has 2 aromatic heterocycles. The summed E-state index contributed by atoms with van der Waals surface area (Å²) in [4.78, 5) is 11.2. The standard InChI is InChI=1S/C34H35FN4O5S/c1-23-7-5-16-39(22-23)17-6-18-43-32-21-28-26(20-31(32)42-2)29(13-15-36-28)44-30-12-11-25(19-27(30)35)38-45(40,41)33-10-3-8-24-9-4-14-37-34(24)33/h3-4,8-15,19-21,23,38H,5-7,16-18,22H2,1-2H3. The SMILES string of the molecule is COc1cc2c(Oc3ccc(NS(=O)(=O)c4cccc5cccnc45)cc3F)ccnc2cc1OCCCN1CCCC(C)C1. The van der Waals surface area contributed by atoms with E-state index >= 15 is 4.39 Å². The number of nitrogens with zero attached hydrogens (tertiary/aromatic N) is 3. The number of benzene rings is 3. The molecule has 0 bridgehead atoms. The number of sulfonamides is 1. The van der Waals surface area contributed by atoms with Crippen LogP contribution in [0.3, 0.4) is 0 Å². The van der Waals surface area contributed by atoms with E-state index in [0.29, 0.717) is 45.7 Å². The van der Waals surface area contributed by atoms with Crippen LogP contribution in [0.15, 0.2) is 84.0 Å². The molecular formula is C34H35FN4O5S. The number of rotatable bonds is 11. The Balaban J connectivity index is 1.16. The van der Waals surface area contributed by atoms with Crippen LogP contribution < -0.4 is 18.9 Å². The number of hydrogen-bond donors (Lipinski definition) is 1. The van der Waals surface area contributed by atoms with Crippen molar-refractivity contribution in [2.45, 2.75) is 31.1 Å². The highest BCUT2D eigenvalue weighted by molar-refractivity contribution is 7.93. The van der Waals surface area contributed by atoms with Crippen LogP contribution in [0, 0.1) is 11.7 Å². The van der Waals surface area contributed by atoms with Crippen LogP contribution in [-0.4, -0.2) is 56.6 Å². The molecule has 0 amide bonds. The Morgan fingerprint density at radius 1 is 0.978 bits per heavy atom. The third kappa shape index (κ3) is 6.94. The van der Waals surface area contributed by atoms with Gasteiger partial charge in [-0.3, -0.25) is 14.7 Å². The molecule has 234 valence electrons. The fourth-order valence-corrected chi connectivity index (χ4v) is 6.95. The Bertz CT molecular complexity index is 1930. The van der Waals surface area contributed by atoms with Crippen molar-refractivity contribution in [3.05, 3.63) is 84.9 Å². The molecule has 0 radical (unpaired) electrons. The zero-order chi connectivity index (χ0) is 31.4. The average Bonchev–Trinajstić information content (AvgIpc) is 3.03. The zero-order valence-corrected chi connectivity index (χ0v) is 26.0. The lowest BCUT2D eigenvalue weighted by atomic mass is 10.0. The highest BCUT2D eigenvalue weighted by Crippen LogP contribution is 2.38. The molecule has 5 aromatic rings. The van der Waals surface area contributed by atoms with Gasteiger partial charge in [0.2, 0.25) is 0 Å². The number of hydrogen-bond acceptors (Lipinski definition) is 8. The minimum Gasteiger partial charge on any atom is -0.493 e. The largest absolute Gasteiger partial charge is 0.493 e. The molecule has 6 rings (SSSR count). The van der Waals surface area contributed by atoms with Crippen LogP contribution >= 0.6 is 0 Å². The maximum atomic E-state index is 15.3. The van der Waals surface area contributed by atoms with E-state index in [1.807, 2.05) is 0 Å². The first-order valence-electron chi connectivity index (χ1n) is 15.0. The Morgan fingerprint density at radius 3 is 2.67 bits per heavy atom. The Labute approximate surface area is 262 Å². The summed E-state index contributed by atoms with van der Waals surface area (Å²) < 4.78 is 61.7. The van der Waals surface area contributed by atoms with Crippen LogP contribution in [0.5, 0.6) is 23.0 Å². The van der Waals surface area contributed by atoms with Gasteiger partial charge >= 0.3 is 0 Å². The topological polar surface area (TPSA) is 103 Å². The van der Waals surface area contributed by atoms with Crippen molar-refractivity contribution < 1.29 is 27.0 Å². The first-order valence-corrected chi connectivity index (χ1v) is 16.4. The first kappa shape index (κ1) is 30.5. The summed E-state index contributed by atoms with van der Waals surface area (Å²) in [6, 6.07) is 17.4. The van der Waals surface area contributed by atoms with E-state index in [2.05, 4.69) is 26.5 Å². The summed E-state index contributed by atoms with van der Waals surface area (Å²) in [5, 5.41) is 1.29. The van der Waals surface area contributed by atoms with Crippen LogP contribution in [0.25, 0.3) is 21.8 Å². The van der Waals surface area contributed by atoms with E-state index in [0.717, 1.165) is 38.0 Å². The van der Waals surface area contributed by atoms with Crippen LogP contribution in [0.2, 0.25) is 0 Å². The summed E-state index contributed by atoms with van der Waals surface area (Å²) in [5.41, 5.74) is 0.973. The molecule has 1 fully saturated rings. The van der Waals surface area contributed by atoms with Gasteiger partial charge in [0, 0.05) is 48.4 Å². The predicted octanol–water partition coefficient (Wildman–Crippen LogP) is 7.02. The molecule has 1 N–H and O–H groups in total. The molecule has 1 aliphatic rings. The molecule has 0 aliphatic carbocycles. The second-order valence-corrected chi connectivity index (χ2v) is 12.9. The molecule has 1 atom stereocenters. The number of likely N-dealkylation sites (tertiary alicyclic amines) is 1. The zero-order valence-electron chi connectivity index (χ0n) is 25.2. The monoisotopic (exact) mass is 630 g/mol. The molecule has 0 saturated carbocycles. The second-order valence-electron chi connectivity index (χ2n) is 11.3. The lowest BCUT2D eigenvalue weighted by Gasteiger charge is -2.30. The number of methoxy groups -OCH3 is 1. The van der Waals surface area contributed by atoms with E-state index in [1.54, 1.807) is 55.8 Å². The van der Waals surface area contributed by atoms with Crippen molar-refractivity contribution in [2.24, 2.45) is 5.92 Å². The molecule has 1 aliphatic heterocycles. The fourth-order valence-electron chi connectivity index (χ4n) is 5.72. The van der Waals surface area contributed by atoms with E-state index in [1.165, 1.54) is 37.2 Å². The Morgan fingerprint density at radius 2 is 1.84 bits per heavy atom. The number of fused-ring (bicyclic) bond motifs is 2. The van der Waals surface area contributed by atoms with Gasteiger partial charge in [-0.15, -0.1) is 0 Å². The summed E-state index contributed by atoms with van der Waals surface area (Å²) in [6.07, 6.45) is 6.53. The lowest BCUT2D eigenvalue weighted by Crippen LogP contribution is -2.35. The quantitative estimate of drug-likeness (QED) is 0.155. The highest BCUT2D eigenvalue weighted by Gasteiger charge is 2.20. The van der Waals surface area contributed by atoms with Gasteiger partial charge in [0.25, 0.3) is 10.0 Å². The van der Waals surface area contributed by atoms with Crippen molar-refractivity contribution >= 4 is 37.5 Å². The van der Waals surface area contributed by atoms with Gasteiger partial charge in [0.05, 0.1) is 30.4 Å². The smallest absolute Gasteiger partial charge is 0.264 e. The van der Waals surface area contributed by atoms with Gasteiger partial charge in [-0.1, -0.05) is 25.1 Å². The molecule has 1 unspecified atom stereocenters. The second kappa shape index (κ2) is 13.3. The molecule has 11 heteroatoms. The Kier molecular flexibility index (Phi) is 8.99. The van der Waals surface area contributed by atoms with Gasteiger partial charge in [0.15, 0.2) is 23.1 Å². The van der Waals surface area contributed by atoms with Gasteiger partial charge in [-0.25, -0.2) is 12.8 Å². The molecule has 0 spiro atoms. The number of pyridine rings is 2. The van der Waals surface area contributed by atoms with Crippen molar-refractivity contribution in [2.75, 3.05) is 38.1 Å². The molecular weight excluding hydrogens is 595 g/mol. The molecule has 9 nitrogen and oxygen atoms in total. The van der Waals surface area contributed by atoms with Gasteiger partial charge < -0.3 is 19.1 Å².